The van der Waals surface area contributed by atoms with Crippen molar-refractivity contribution in [3.05, 3.63) is 63.3 Å². The number of thiophene rings is 1. The number of aryl methyl sites for hydroxylation is 1. The van der Waals surface area contributed by atoms with E-state index in [0.29, 0.717) is 5.69 Å². The van der Waals surface area contributed by atoms with Gasteiger partial charge in [-0.05, 0) is 41.8 Å². The van der Waals surface area contributed by atoms with Gasteiger partial charge < -0.3 is 5.32 Å². The predicted molar refractivity (Wildman–Crippen MR) is 95.1 cm³/mol. The molecular weight excluding hydrogens is 324 g/mol. The third-order valence-electron chi connectivity index (χ3n) is 4.19. The van der Waals surface area contributed by atoms with Crippen molar-refractivity contribution in [3.8, 4) is 10.6 Å². The maximum absolute atomic E-state index is 12.4. The van der Waals surface area contributed by atoms with Crippen molar-refractivity contribution >= 4 is 28.6 Å². The molecule has 0 spiro atoms. The number of nitrogens with one attached hydrogen (secondary N) is 1. The van der Waals surface area contributed by atoms with Crippen LogP contribution in [0, 0.1) is 0 Å². The lowest BCUT2D eigenvalue weighted by molar-refractivity contribution is 0.0929. The van der Waals surface area contributed by atoms with Crippen molar-refractivity contribution < 1.29 is 4.79 Å². The van der Waals surface area contributed by atoms with E-state index in [9.17, 15) is 4.79 Å². The van der Waals surface area contributed by atoms with Crippen LogP contribution in [0.15, 0.2) is 46.5 Å². The Kier molecular flexibility index (Phi) is 3.97. The van der Waals surface area contributed by atoms with E-state index in [0.717, 1.165) is 29.8 Å². The highest BCUT2D eigenvalue weighted by Gasteiger charge is 2.21. The Morgan fingerprint density at radius 1 is 1.17 bits per heavy atom. The molecule has 1 aliphatic rings. The Bertz CT molecular complexity index is 823. The molecule has 1 aliphatic carbocycles. The van der Waals surface area contributed by atoms with Crippen molar-refractivity contribution in [2.45, 2.75) is 25.3 Å². The number of carbonyl (C=O) groups is 1. The summed E-state index contributed by atoms with van der Waals surface area (Å²) in [7, 11) is 0. The van der Waals surface area contributed by atoms with E-state index in [-0.39, 0.29) is 11.9 Å². The fourth-order valence-corrected chi connectivity index (χ4v) is 4.49. The zero-order chi connectivity index (χ0) is 15.6. The van der Waals surface area contributed by atoms with Crippen LogP contribution >= 0.6 is 22.7 Å². The smallest absolute Gasteiger partial charge is 0.271 e. The molecule has 0 fully saturated rings. The van der Waals surface area contributed by atoms with Crippen LogP contribution in [-0.4, -0.2) is 16.9 Å². The van der Waals surface area contributed by atoms with E-state index < -0.39 is 0 Å². The standard InChI is InChI=1S/C18H16N2OS2/c21-17(16-11-23-18(20-16)14-7-8-22-10-14)19-15-6-5-12-3-1-2-4-13(12)9-15/h1-4,7-8,10-11,15H,5-6,9H2,(H,19,21). The third kappa shape index (κ3) is 3.07. The van der Waals surface area contributed by atoms with E-state index in [1.807, 2.05) is 16.8 Å². The number of fused-ring (bicyclic) bond motifs is 1. The zero-order valence-corrected chi connectivity index (χ0v) is 14.1. The van der Waals surface area contributed by atoms with Gasteiger partial charge in [0.05, 0.1) is 0 Å². The highest BCUT2D eigenvalue weighted by atomic mass is 32.1. The van der Waals surface area contributed by atoms with Gasteiger partial charge in [0.15, 0.2) is 0 Å². The number of carbonyl (C=O) groups excluding carboxylic acids is 1. The third-order valence-corrected chi connectivity index (χ3v) is 5.76. The monoisotopic (exact) mass is 340 g/mol. The van der Waals surface area contributed by atoms with Crippen LogP contribution in [0.1, 0.15) is 28.0 Å². The highest BCUT2D eigenvalue weighted by Crippen LogP contribution is 2.26. The number of aromatic nitrogens is 1. The molecule has 1 N–H and O–H groups in total. The van der Waals surface area contributed by atoms with Crippen molar-refractivity contribution in [1.82, 2.24) is 10.3 Å². The Balaban J connectivity index is 1.45. The number of hydrogen-bond acceptors (Lipinski definition) is 4. The van der Waals surface area contributed by atoms with Crippen LogP contribution in [0.2, 0.25) is 0 Å². The van der Waals surface area contributed by atoms with Gasteiger partial charge >= 0.3 is 0 Å². The molecule has 2 heterocycles. The van der Waals surface area contributed by atoms with E-state index in [1.165, 1.54) is 22.5 Å². The lowest BCUT2D eigenvalue weighted by atomic mass is 9.88. The Morgan fingerprint density at radius 3 is 2.87 bits per heavy atom. The van der Waals surface area contributed by atoms with Gasteiger partial charge in [-0.1, -0.05) is 24.3 Å². The molecule has 1 unspecified atom stereocenters. The summed E-state index contributed by atoms with van der Waals surface area (Å²) in [6.45, 7) is 0. The van der Waals surface area contributed by atoms with Gasteiger partial charge in [-0.2, -0.15) is 11.3 Å². The first-order valence-electron chi connectivity index (χ1n) is 7.65. The van der Waals surface area contributed by atoms with Gasteiger partial charge in [-0.25, -0.2) is 4.98 Å². The molecule has 0 radical (unpaired) electrons. The van der Waals surface area contributed by atoms with E-state index >= 15 is 0 Å². The molecule has 0 aliphatic heterocycles. The SMILES string of the molecule is O=C(NC1CCc2ccccc2C1)c1csc(-c2ccsc2)n1. The van der Waals surface area contributed by atoms with Crippen LogP contribution in [0.4, 0.5) is 0 Å². The molecule has 4 rings (SSSR count). The average Bonchev–Trinajstić information content (AvgIpc) is 3.26. The number of hydrogen-bond donors (Lipinski definition) is 1. The topological polar surface area (TPSA) is 42.0 Å². The van der Waals surface area contributed by atoms with E-state index in [2.05, 4.69) is 39.9 Å². The van der Waals surface area contributed by atoms with Gasteiger partial charge in [0.25, 0.3) is 5.91 Å². The molecule has 1 aromatic carbocycles. The number of thiazole rings is 1. The minimum Gasteiger partial charge on any atom is -0.348 e. The van der Waals surface area contributed by atoms with Crippen LogP contribution in [0.5, 0.6) is 0 Å². The number of nitrogens with zero attached hydrogens (tertiary/aromatic N) is 1. The maximum Gasteiger partial charge on any atom is 0.271 e. The van der Waals surface area contributed by atoms with Crippen molar-refractivity contribution in [3.63, 3.8) is 0 Å². The molecule has 0 saturated heterocycles. The molecule has 0 bridgehead atoms. The lowest BCUT2D eigenvalue weighted by Crippen LogP contribution is -2.39. The Hall–Kier alpha value is -1.98. The summed E-state index contributed by atoms with van der Waals surface area (Å²) in [5.41, 5.74) is 4.37. The summed E-state index contributed by atoms with van der Waals surface area (Å²) in [5, 5.41) is 9.97. The number of benzene rings is 1. The molecule has 1 amide bonds. The zero-order valence-electron chi connectivity index (χ0n) is 12.5. The van der Waals surface area contributed by atoms with E-state index in [1.54, 1.807) is 11.3 Å². The largest absolute Gasteiger partial charge is 0.348 e. The summed E-state index contributed by atoms with van der Waals surface area (Å²) < 4.78 is 0. The fourth-order valence-electron chi connectivity index (χ4n) is 2.98. The molecule has 23 heavy (non-hydrogen) atoms. The average molecular weight is 340 g/mol. The summed E-state index contributed by atoms with van der Waals surface area (Å²) in [6, 6.07) is 10.7. The van der Waals surface area contributed by atoms with Gasteiger partial charge in [-0.3, -0.25) is 4.79 Å². The molecule has 116 valence electrons. The van der Waals surface area contributed by atoms with Crippen LogP contribution in [-0.2, 0) is 12.8 Å². The second kappa shape index (κ2) is 6.26. The first-order valence-corrected chi connectivity index (χ1v) is 9.47. The normalized spacial score (nSPS) is 16.8. The van der Waals surface area contributed by atoms with Crippen molar-refractivity contribution in [1.29, 1.82) is 0 Å². The number of amides is 1. The van der Waals surface area contributed by atoms with Gasteiger partial charge in [0.2, 0.25) is 0 Å². The maximum atomic E-state index is 12.4. The lowest BCUT2D eigenvalue weighted by Gasteiger charge is -2.25. The first kappa shape index (κ1) is 14.6. The van der Waals surface area contributed by atoms with Gasteiger partial charge in [0, 0.05) is 22.4 Å². The minimum absolute atomic E-state index is 0.0629. The van der Waals surface area contributed by atoms with Gasteiger partial charge in [0.1, 0.15) is 10.7 Å². The van der Waals surface area contributed by atoms with Crippen molar-refractivity contribution in [2.75, 3.05) is 0 Å². The molecule has 1 atom stereocenters. The van der Waals surface area contributed by atoms with Crippen molar-refractivity contribution in [2.24, 2.45) is 0 Å². The molecule has 3 nitrogen and oxygen atoms in total. The first-order chi connectivity index (χ1) is 11.3. The second-order valence-electron chi connectivity index (χ2n) is 5.73. The molecule has 5 heteroatoms. The van der Waals surface area contributed by atoms with Crippen LogP contribution < -0.4 is 5.32 Å². The van der Waals surface area contributed by atoms with Gasteiger partial charge in [-0.15, -0.1) is 11.3 Å². The minimum atomic E-state index is -0.0629. The second-order valence-corrected chi connectivity index (χ2v) is 7.37. The van der Waals surface area contributed by atoms with E-state index in [4.69, 9.17) is 0 Å². The fraction of sp³-hybridized carbons (Fsp3) is 0.222. The quantitative estimate of drug-likeness (QED) is 0.778. The Morgan fingerprint density at radius 2 is 2.04 bits per heavy atom. The Labute approximate surface area is 143 Å². The van der Waals surface area contributed by atoms with Crippen LogP contribution in [0.25, 0.3) is 10.6 Å². The molecule has 0 saturated carbocycles. The summed E-state index contributed by atoms with van der Waals surface area (Å²) in [6.07, 6.45) is 2.92. The number of rotatable bonds is 3. The molecule has 2 aromatic heterocycles. The highest BCUT2D eigenvalue weighted by molar-refractivity contribution is 7.14. The summed E-state index contributed by atoms with van der Waals surface area (Å²) in [4.78, 5) is 16.9. The van der Waals surface area contributed by atoms with Crippen LogP contribution in [0.3, 0.4) is 0 Å². The summed E-state index contributed by atoms with van der Waals surface area (Å²) in [5.74, 6) is -0.0629. The predicted octanol–water partition coefficient (Wildman–Crippen LogP) is 4.16. The molecule has 3 aromatic rings. The molecular formula is C18H16N2OS2. The summed E-state index contributed by atoms with van der Waals surface area (Å²) >= 11 is 3.16.